The summed E-state index contributed by atoms with van der Waals surface area (Å²) in [5.74, 6) is -0.745. The van der Waals surface area contributed by atoms with E-state index < -0.39 is 5.82 Å². The zero-order chi connectivity index (χ0) is 15.4. The first-order chi connectivity index (χ1) is 10.0. The zero-order valence-corrected chi connectivity index (χ0v) is 11.9. The van der Waals surface area contributed by atoms with Crippen LogP contribution in [-0.2, 0) is 11.3 Å². The van der Waals surface area contributed by atoms with Crippen LogP contribution in [0.3, 0.4) is 0 Å². The Morgan fingerprint density at radius 3 is 2.95 bits per heavy atom. The zero-order valence-electron chi connectivity index (χ0n) is 11.9. The van der Waals surface area contributed by atoms with E-state index in [9.17, 15) is 9.50 Å². The molecule has 0 aromatic heterocycles. The Kier molecular flexibility index (Phi) is 5.11. The molecule has 116 valence electrons. The minimum Gasteiger partial charge on any atom is -0.409 e. The van der Waals surface area contributed by atoms with Crippen LogP contribution in [0.1, 0.15) is 18.1 Å². The van der Waals surface area contributed by atoms with Gasteiger partial charge in [0.1, 0.15) is 5.82 Å². The average molecular weight is 297 g/mol. The van der Waals surface area contributed by atoms with Crippen molar-refractivity contribution in [2.75, 3.05) is 19.7 Å². The van der Waals surface area contributed by atoms with Crippen LogP contribution in [0.2, 0.25) is 0 Å². The van der Waals surface area contributed by atoms with E-state index in [1.807, 2.05) is 11.8 Å². The highest BCUT2D eigenvalue weighted by Gasteiger charge is 2.25. The number of nitrogens with two attached hydrogens (primary N) is 1. The van der Waals surface area contributed by atoms with E-state index >= 15 is 0 Å². The quantitative estimate of drug-likeness (QED) is 0.326. The average Bonchev–Trinajstić information content (AvgIpc) is 2.48. The minimum absolute atomic E-state index is 0.0220. The molecule has 0 bridgehead atoms. The number of ether oxygens (including phenoxy) is 1. The summed E-state index contributed by atoms with van der Waals surface area (Å²) in [6, 6.07) is 4.79. The summed E-state index contributed by atoms with van der Waals surface area (Å²) < 4.78 is 19.9. The molecule has 1 aromatic carbocycles. The van der Waals surface area contributed by atoms with Crippen molar-refractivity contribution in [2.24, 2.45) is 10.9 Å². The van der Waals surface area contributed by atoms with Gasteiger partial charge in [0, 0.05) is 25.2 Å². The number of hydrogen-bond donors (Lipinski definition) is 3. The Balaban J connectivity index is 2.16. The Morgan fingerprint density at radius 1 is 1.52 bits per heavy atom. The summed E-state index contributed by atoms with van der Waals surface area (Å²) in [6.45, 7) is 3.42. The number of oxime groups is 1. The molecular weight excluding hydrogens is 277 g/mol. The van der Waals surface area contributed by atoms with Gasteiger partial charge >= 0.3 is 0 Å². The van der Waals surface area contributed by atoms with Crippen molar-refractivity contribution in [2.45, 2.75) is 25.7 Å². The van der Waals surface area contributed by atoms with Crippen molar-refractivity contribution in [3.05, 3.63) is 35.1 Å². The number of aliphatic hydroxyl groups excluding tert-OH is 1. The Labute approximate surface area is 122 Å². The van der Waals surface area contributed by atoms with Crippen molar-refractivity contribution in [3.63, 3.8) is 0 Å². The molecule has 2 unspecified atom stereocenters. The lowest BCUT2D eigenvalue weighted by Gasteiger charge is -2.36. The number of aliphatic hydroxyl groups is 1. The van der Waals surface area contributed by atoms with Gasteiger partial charge in [-0.2, -0.15) is 0 Å². The van der Waals surface area contributed by atoms with E-state index in [4.69, 9.17) is 15.7 Å². The van der Waals surface area contributed by atoms with Crippen molar-refractivity contribution >= 4 is 5.84 Å². The predicted octanol–water partition coefficient (Wildman–Crippen LogP) is 0.502. The fraction of sp³-hybridized carbons (Fsp3) is 0.500. The van der Waals surface area contributed by atoms with Crippen molar-refractivity contribution in [1.29, 1.82) is 0 Å². The summed E-state index contributed by atoms with van der Waals surface area (Å²) in [6.07, 6.45) is -0.282. The second kappa shape index (κ2) is 6.84. The first kappa shape index (κ1) is 15.7. The predicted molar refractivity (Wildman–Crippen MR) is 75.6 cm³/mol. The fourth-order valence-corrected chi connectivity index (χ4v) is 2.57. The van der Waals surface area contributed by atoms with Gasteiger partial charge in [0.05, 0.1) is 24.4 Å². The van der Waals surface area contributed by atoms with Gasteiger partial charge in [0.15, 0.2) is 5.84 Å². The molecule has 1 heterocycles. The summed E-state index contributed by atoms with van der Waals surface area (Å²) >= 11 is 0. The largest absolute Gasteiger partial charge is 0.409 e. The molecular formula is C14H20FN3O3. The second-order valence-corrected chi connectivity index (χ2v) is 5.21. The van der Waals surface area contributed by atoms with Gasteiger partial charge in [-0.05, 0) is 13.0 Å². The van der Waals surface area contributed by atoms with Gasteiger partial charge in [-0.1, -0.05) is 17.3 Å². The third kappa shape index (κ3) is 3.69. The first-order valence-corrected chi connectivity index (χ1v) is 6.79. The Hall–Kier alpha value is -1.70. The van der Waals surface area contributed by atoms with Crippen LogP contribution in [0.5, 0.6) is 0 Å². The van der Waals surface area contributed by atoms with Gasteiger partial charge < -0.3 is 20.8 Å². The van der Waals surface area contributed by atoms with Crippen LogP contribution in [0.15, 0.2) is 23.4 Å². The molecule has 4 N–H and O–H groups in total. The molecule has 0 aliphatic carbocycles. The maximum absolute atomic E-state index is 14.4. The first-order valence-electron chi connectivity index (χ1n) is 6.79. The van der Waals surface area contributed by atoms with Gasteiger partial charge in [-0.15, -0.1) is 0 Å². The van der Waals surface area contributed by atoms with Gasteiger partial charge in [-0.3, -0.25) is 4.90 Å². The number of halogens is 1. The lowest BCUT2D eigenvalue weighted by Crippen LogP contribution is -2.47. The molecule has 0 saturated carbocycles. The van der Waals surface area contributed by atoms with E-state index in [0.29, 0.717) is 25.2 Å². The number of morpholine rings is 1. The molecule has 2 rings (SSSR count). The highest BCUT2D eigenvalue weighted by molar-refractivity contribution is 5.97. The van der Waals surface area contributed by atoms with Crippen molar-refractivity contribution < 1.29 is 19.4 Å². The van der Waals surface area contributed by atoms with Crippen LogP contribution < -0.4 is 5.73 Å². The van der Waals surface area contributed by atoms with Crippen molar-refractivity contribution in [3.8, 4) is 0 Å². The number of nitrogens with zero attached hydrogens (tertiary/aromatic N) is 2. The van der Waals surface area contributed by atoms with E-state index in [1.165, 1.54) is 6.07 Å². The SMILES string of the molecule is CC1CN(Cc2cccc(/C(N)=N/O)c2F)CC(CO)O1. The van der Waals surface area contributed by atoms with Crippen LogP contribution in [0.25, 0.3) is 0 Å². The van der Waals surface area contributed by atoms with E-state index in [1.54, 1.807) is 12.1 Å². The molecule has 1 fully saturated rings. The lowest BCUT2D eigenvalue weighted by molar-refractivity contribution is -0.0974. The van der Waals surface area contributed by atoms with Crippen LogP contribution in [-0.4, -0.2) is 53.0 Å². The van der Waals surface area contributed by atoms with E-state index in [2.05, 4.69) is 5.16 Å². The number of amidine groups is 1. The smallest absolute Gasteiger partial charge is 0.173 e. The lowest BCUT2D eigenvalue weighted by atomic mass is 10.1. The van der Waals surface area contributed by atoms with E-state index in [-0.39, 0.29) is 30.2 Å². The molecule has 1 aliphatic heterocycles. The molecule has 1 saturated heterocycles. The third-order valence-corrected chi connectivity index (χ3v) is 3.46. The minimum atomic E-state index is -0.493. The second-order valence-electron chi connectivity index (χ2n) is 5.21. The summed E-state index contributed by atoms with van der Waals surface area (Å²) in [4.78, 5) is 2.02. The molecule has 0 spiro atoms. The standard InChI is InChI=1S/C14H20FN3O3/c1-9-5-18(7-11(8-19)21-9)6-10-3-2-4-12(13(10)15)14(16)17-20/h2-4,9,11,19-20H,5-8H2,1H3,(H2,16,17). The molecule has 0 amide bonds. The Morgan fingerprint density at radius 2 is 2.29 bits per heavy atom. The number of benzene rings is 1. The maximum atomic E-state index is 14.4. The summed E-state index contributed by atoms with van der Waals surface area (Å²) in [5, 5.41) is 20.7. The van der Waals surface area contributed by atoms with E-state index in [0.717, 1.165) is 0 Å². The van der Waals surface area contributed by atoms with Gasteiger partial charge in [0.2, 0.25) is 0 Å². The number of rotatable bonds is 4. The highest BCUT2D eigenvalue weighted by atomic mass is 19.1. The van der Waals surface area contributed by atoms with Crippen LogP contribution in [0.4, 0.5) is 4.39 Å². The normalized spacial score (nSPS) is 24.2. The highest BCUT2D eigenvalue weighted by Crippen LogP contribution is 2.18. The van der Waals surface area contributed by atoms with Crippen LogP contribution >= 0.6 is 0 Å². The summed E-state index contributed by atoms with van der Waals surface area (Å²) in [7, 11) is 0. The summed E-state index contributed by atoms with van der Waals surface area (Å²) in [5.41, 5.74) is 6.00. The maximum Gasteiger partial charge on any atom is 0.173 e. The van der Waals surface area contributed by atoms with Gasteiger partial charge in [-0.25, -0.2) is 4.39 Å². The molecule has 6 nitrogen and oxygen atoms in total. The molecule has 1 aromatic rings. The van der Waals surface area contributed by atoms with Crippen molar-refractivity contribution in [1.82, 2.24) is 4.90 Å². The monoisotopic (exact) mass is 297 g/mol. The molecule has 7 heteroatoms. The molecule has 2 atom stereocenters. The van der Waals surface area contributed by atoms with Gasteiger partial charge in [0.25, 0.3) is 0 Å². The third-order valence-electron chi connectivity index (χ3n) is 3.46. The molecule has 1 aliphatic rings. The molecule has 21 heavy (non-hydrogen) atoms. The van der Waals surface area contributed by atoms with Crippen LogP contribution in [0, 0.1) is 5.82 Å². The fourth-order valence-electron chi connectivity index (χ4n) is 2.57. The number of hydrogen-bond acceptors (Lipinski definition) is 5. The Bertz CT molecular complexity index is 524. The molecule has 0 radical (unpaired) electrons. The topological polar surface area (TPSA) is 91.3 Å².